The molecule has 138 heavy (non-hydrogen) atoms. The third-order valence-corrected chi connectivity index (χ3v) is 29.1. The number of rotatable bonds is 12. The molecule has 24 rings (SSSR count). The van der Waals surface area contributed by atoms with Crippen molar-refractivity contribution >= 4 is 66.7 Å². The number of hydrogen-bond donors (Lipinski definition) is 0. The van der Waals surface area contributed by atoms with Crippen LogP contribution in [0.2, 0.25) is 0 Å². The van der Waals surface area contributed by atoms with Crippen LogP contribution in [-0.4, -0.2) is 222 Å². The molecule has 4 atom stereocenters. The Kier molecular flexibility index (Phi) is 24.3. The zero-order valence-electron chi connectivity index (χ0n) is 80.8. The Labute approximate surface area is 800 Å². The topological polar surface area (TPSA) is 312 Å². The molecular weight excluding hydrogens is 1740 g/mol. The van der Waals surface area contributed by atoms with Gasteiger partial charge in [0, 0.05) is 237 Å². The first-order valence-electron chi connectivity index (χ1n) is 48.2. The first kappa shape index (κ1) is 90.4. The highest BCUT2D eigenvalue weighted by Gasteiger charge is 2.42. The number of pyridine rings is 4. The highest BCUT2D eigenvalue weighted by Crippen LogP contribution is 2.47. The number of aryl methyl sites for hydroxylation is 6. The number of carbonyl (C=O) groups is 4. The van der Waals surface area contributed by atoms with Crippen LogP contribution in [0.5, 0.6) is 0 Å². The summed E-state index contributed by atoms with van der Waals surface area (Å²) in [7, 11) is 15.2. The van der Waals surface area contributed by atoms with E-state index in [1.165, 1.54) is 0 Å². The molecule has 4 aromatic carbocycles. The Morgan fingerprint density at radius 1 is 0.290 bits per heavy atom. The third kappa shape index (κ3) is 16.6. The molecule has 0 bridgehead atoms. The van der Waals surface area contributed by atoms with E-state index in [1.54, 1.807) is 9.36 Å². The number of likely N-dealkylation sites (N-methyl/N-ethyl adjacent to an activating group) is 4. The second-order valence-corrected chi connectivity index (χ2v) is 38.3. The minimum Gasteiger partial charge on any atom is -0.381 e. The molecule has 708 valence electrons. The monoisotopic (exact) mass is 1850 g/mol. The van der Waals surface area contributed by atoms with Crippen molar-refractivity contribution in [2.75, 3.05) is 81.0 Å². The van der Waals surface area contributed by atoms with Crippen LogP contribution in [0.25, 0.3) is 133 Å². The van der Waals surface area contributed by atoms with Crippen molar-refractivity contribution in [2.24, 2.45) is 28.2 Å². The molecule has 12 aromatic heterocycles. The fourth-order valence-electron chi connectivity index (χ4n) is 21.9. The molecule has 16 aromatic rings. The zero-order chi connectivity index (χ0) is 95.3. The van der Waals surface area contributed by atoms with Gasteiger partial charge in [-0.3, -0.25) is 57.8 Å². The van der Waals surface area contributed by atoms with Gasteiger partial charge in [0.2, 0.25) is 23.6 Å². The highest BCUT2D eigenvalue weighted by molar-refractivity contribution is 6.02. The van der Waals surface area contributed by atoms with E-state index < -0.39 is 0 Å². The van der Waals surface area contributed by atoms with Gasteiger partial charge in [-0.1, -0.05) is 72.8 Å². The highest BCUT2D eigenvalue weighted by atomic mass is 16.5. The molecule has 32 nitrogen and oxygen atoms in total. The van der Waals surface area contributed by atoms with Crippen LogP contribution in [0, 0.1) is 13.8 Å². The number of ether oxygens (including phenoxy) is 4. The van der Waals surface area contributed by atoms with E-state index in [0.29, 0.717) is 49.9 Å². The van der Waals surface area contributed by atoms with Crippen LogP contribution >= 0.6 is 0 Å². The van der Waals surface area contributed by atoms with Crippen molar-refractivity contribution in [1.82, 2.24) is 117 Å². The molecule has 20 heterocycles. The van der Waals surface area contributed by atoms with E-state index in [4.69, 9.17) is 58.8 Å². The van der Waals surface area contributed by atoms with E-state index in [9.17, 15) is 19.2 Å². The first-order chi connectivity index (χ1) is 66.9. The second kappa shape index (κ2) is 37.1. The fourth-order valence-corrected chi connectivity index (χ4v) is 21.9. The summed E-state index contributed by atoms with van der Waals surface area (Å²) in [5, 5.41) is 26.6. The average Bonchev–Trinajstić information content (AvgIpc) is 1.60. The van der Waals surface area contributed by atoms with E-state index >= 15 is 0 Å². The number of hydrogen-bond acceptors (Lipinski definition) is 20. The summed E-state index contributed by atoms with van der Waals surface area (Å²) in [6, 6.07) is 36.5. The number of amides is 4. The summed E-state index contributed by atoms with van der Waals surface area (Å²) < 4.78 is 38.4. The Balaban J connectivity index is 0.000000110. The quantitative estimate of drug-likeness (QED) is 0.110. The second-order valence-electron chi connectivity index (χ2n) is 38.3. The van der Waals surface area contributed by atoms with Crippen LogP contribution in [-0.2, 0) is 92.5 Å². The van der Waals surface area contributed by atoms with Gasteiger partial charge in [0.15, 0.2) is 0 Å². The standard InChI is InChI=1S/2C27H30N6O2.2C26H28N6O2/c2*1-16-22(14-32(4)30-16)23-12-19-6-5-7-20(21(19)13-28-23)25-24-15-31(3)27(34)17(2)33(24)26(29-25)18-8-10-35-11-9-18;2*1-16-26(33)30(2)15-23-24(28-25(32(16)23)17-8-11-34-12-9-17)19-6-4-5-18-13-22(27-14-20(18)19)21-7-10-31(3)29-21/h2*5-7,12-14,17-18H,8-11,15H2,1-4H3;2*4-7,10,13-14,16-17H,8-9,11-12,15H2,1-3H3. The van der Waals surface area contributed by atoms with Gasteiger partial charge in [-0.15, -0.1) is 0 Å². The Hall–Kier alpha value is -14.1. The molecule has 4 fully saturated rings. The lowest BCUT2D eigenvalue weighted by atomic mass is 9.98. The Morgan fingerprint density at radius 2 is 0.536 bits per heavy atom. The largest absolute Gasteiger partial charge is 0.381 e. The van der Waals surface area contributed by atoms with Crippen molar-refractivity contribution in [3.63, 3.8) is 0 Å². The van der Waals surface area contributed by atoms with Crippen LogP contribution in [0.1, 0.15) is 184 Å². The molecule has 8 aliphatic rings. The molecular formula is C106H116N24O8. The number of aromatic nitrogens is 20. The lowest BCUT2D eigenvalue weighted by molar-refractivity contribution is -0.136. The van der Waals surface area contributed by atoms with E-state index in [2.05, 4.69) is 136 Å². The van der Waals surface area contributed by atoms with Crippen LogP contribution in [0.15, 0.2) is 159 Å². The minimum atomic E-state index is -0.267. The summed E-state index contributed by atoms with van der Waals surface area (Å²) in [5.41, 5.74) is 21.6. The predicted molar refractivity (Wildman–Crippen MR) is 526 cm³/mol. The Bertz CT molecular complexity index is 6990. The van der Waals surface area contributed by atoms with Gasteiger partial charge in [-0.2, -0.15) is 20.4 Å². The normalized spacial score (nSPS) is 19.0. The minimum absolute atomic E-state index is 0.129. The van der Waals surface area contributed by atoms with Gasteiger partial charge in [-0.05, 0) is 151 Å². The molecule has 0 spiro atoms. The summed E-state index contributed by atoms with van der Waals surface area (Å²) in [6.45, 7) is 20.0. The smallest absolute Gasteiger partial charge is 0.245 e. The molecule has 0 N–H and O–H groups in total. The summed E-state index contributed by atoms with van der Waals surface area (Å²) in [5.74, 6) is 5.75. The van der Waals surface area contributed by atoms with Gasteiger partial charge >= 0.3 is 0 Å². The summed E-state index contributed by atoms with van der Waals surface area (Å²) >= 11 is 0. The molecule has 8 aliphatic heterocycles. The summed E-state index contributed by atoms with van der Waals surface area (Å²) in [4.78, 5) is 98.9. The molecule has 0 saturated carbocycles. The lowest BCUT2D eigenvalue weighted by Crippen LogP contribution is -2.40. The third-order valence-electron chi connectivity index (χ3n) is 29.1. The lowest BCUT2D eigenvalue weighted by Gasteiger charge is -2.32. The summed E-state index contributed by atoms with van der Waals surface area (Å²) in [6.07, 6.45) is 23.0. The average molecular weight is 1850 g/mol. The van der Waals surface area contributed by atoms with Crippen molar-refractivity contribution in [3.8, 4) is 90.3 Å². The number of imidazole rings is 4. The molecule has 0 aliphatic carbocycles. The van der Waals surface area contributed by atoms with Gasteiger partial charge in [0.05, 0.1) is 106 Å². The molecule has 4 amide bonds. The molecule has 4 unspecified atom stereocenters. The van der Waals surface area contributed by atoms with Crippen molar-refractivity contribution in [3.05, 3.63) is 216 Å². The van der Waals surface area contributed by atoms with Crippen molar-refractivity contribution in [2.45, 2.75) is 167 Å². The number of benzene rings is 4. The maximum absolute atomic E-state index is 12.9. The van der Waals surface area contributed by atoms with Crippen molar-refractivity contribution in [1.29, 1.82) is 0 Å². The Morgan fingerprint density at radius 3 is 0.768 bits per heavy atom. The molecule has 32 heteroatoms. The number of nitrogens with zero attached hydrogens (tertiary/aromatic N) is 24. The SMILES string of the molecule is CC1C(=O)N(C)Cc2c(-c3cccc4cc(-c5ccn(C)n5)ncc34)nc(C3CCOCC3)n21.CC1C(=O)N(C)Cc2c(-c3cccc4cc(-c5ccn(C)n5)ncc34)nc(C3CCOCC3)n21.Cc1nn(C)cc1-c1cc2cccc(-c3nc(C4CCOCC4)n4c3CN(C)C(=O)C4C)c2cn1.Cc1nn(C)cc1-c1cc2cccc(-c3nc(C4CCOCC4)n4c3CN(C)C(=O)C4C)c2cn1. The zero-order valence-corrected chi connectivity index (χ0v) is 80.8. The van der Waals surface area contributed by atoms with E-state index in [-0.39, 0.29) is 47.8 Å². The van der Waals surface area contributed by atoms with Gasteiger partial charge in [-0.25, -0.2) is 19.9 Å². The van der Waals surface area contributed by atoms with E-state index in [1.807, 2.05) is 189 Å². The number of carbonyl (C=O) groups excluding carboxylic acids is 4. The van der Waals surface area contributed by atoms with Crippen LogP contribution in [0.4, 0.5) is 0 Å². The van der Waals surface area contributed by atoms with Crippen molar-refractivity contribution < 1.29 is 38.1 Å². The molecule has 0 radical (unpaired) electrons. The first-order valence-corrected chi connectivity index (χ1v) is 48.2. The molecule has 4 saturated heterocycles. The van der Waals surface area contributed by atoms with Crippen LogP contribution in [0.3, 0.4) is 0 Å². The fraction of sp³-hybridized carbons (Fsp3) is 0.396. The van der Waals surface area contributed by atoms with Gasteiger partial charge in [0.25, 0.3) is 0 Å². The van der Waals surface area contributed by atoms with E-state index in [0.717, 1.165) is 295 Å². The predicted octanol–water partition coefficient (Wildman–Crippen LogP) is 16.3. The van der Waals surface area contributed by atoms with Gasteiger partial charge < -0.3 is 56.8 Å². The maximum Gasteiger partial charge on any atom is 0.245 e. The van der Waals surface area contributed by atoms with Gasteiger partial charge in [0.1, 0.15) is 58.9 Å². The maximum atomic E-state index is 12.9. The number of fused-ring (bicyclic) bond motifs is 8. The van der Waals surface area contributed by atoms with Crippen LogP contribution < -0.4 is 0 Å².